The van der Waals surface area contributed by atoms with Gasteiger partial charge in [0.05, 0.1) is 32.5 Å². The lowest BCUT2D eigenvalue weighted by molar-refractivity contribution is -0.143. The molecule has 0 spiro atoms. The van der Waals surface area contributed by atoms with Crippen molar-refractivity contribution in [3.05, 3.63) is 0 Å². The summed E-state index contributed by atoms with van der Waals surface area (Å²) in [5.41, 5.74) is 5.12. The van der Waals surface area contributed by atoms with Crippen molar-refractivity contribution in [3.63, 3.8) is 0 Å². The lowest BCUT2D eigenvalue weighted by Gasteiger charge is -2.27. The fourth-order valence-corrected chi connectivity index (χ4v) is 4.96. The first-order chi connectivity index (χ1) is 27.4. The molecule has 6 atom stereocenters. The Labute approximate surface area is 338 Å². The smallest absolute Gasteiger partial charge is 0.326 e. The van der Waals surface area contributed by atoms with E-state index >= 15 is 0 Å². The number of carboxylic acids is 4. The normalized spacial score (nSPS) is 13.8. The average molecular weight is 846 g/mol. The van der Waals surface area contributed by atoms with Crippen LogP contribution in [0.5, 0.6) is 0 Å². The van der Waals surface area contributed by atoms with Crippen LogP contribution in [-0.2, 0) is 57.5 Å². The van der Waals surface area contributed by atoms with Crippen LogP contribution < -0.4 is 48.3 Å². The van der Waals surface area contributed by atoms with Crippen LogP contribution in [0, 0.1) is 11.8 Å². The van der Waals surface area contributed by atoms with Crippen molar-refractivity contribution >= 4 is 71.1 Å². The molecule has 0 bridgehead atoms. The fraction of sp³-hybridized carbons (Fsp3) is 0.647. The van der Waals surface area contributed by atoms with Gasteiger partial charge >= 0.3 is 23.9 Å². The first-order valence-electron chi connectivity index (χ1n) is 18.3. The van der Waals surface area contributed by atoms with Crippen LogP contribution in [0.2, 0.25) is 0 Å². The highest BCUT2D eigenvalue weighted by molar-refractivity contribution is 5.98. The second-order valence-corrected chi connectivity index (χ2v) is 14.1. The van der Waals surface area contributed by atoms with Gasteiger partial charge in [0.1, 0.15) is 36.3 Å². The topological polar surface area (TPSA) is 408 Å². The average Bonchev–Trinajstić information content (AvgIpc) is 3.12. The molecule has 0 heterocycles. The van der Waals surface area contributed by atoms with Crippen LogP contribution >= 0.6 is 0 Å². The van der Waals surface area contributed by atoms with Gasteiger partial charge in [0.2, 0.25) is 47.3 Å². The predicted molar refractivity (Wildman–Crippen MR) is 200 cm³/mol. The predicted octanol–water partition coefficient (Wildman–Crippen LogP) is -4.90. The highest BCUT2D eigenvalue weighted by Crippen LogP contribution is 2.10. The molecule has 59 heavy (non-hydrogen) atoms. The Morgan fingerprint density at radius 2 is 0.864 bits per heavy atom. The maximum atomic E-state index is 13.5. The highest BCUT2D eigenvalue weighted by Gasteiger charge is 2.34. The van der Waals surface area contributed by atoms with Gasteiger partial charge in [-0.25, -0.2) is 4.79 Å². The second-order valence-electron chi connectivity index (χ2n) is 14.1. The van der Waals surface area contributed by atoms with E-state index in [2.05, 4.69) is 31.9 Å². The minimum absolute atomic E-state index is 0.0324. The Balaban J connectivity index is 6.06. The van der Waals surface area contributed by atoms with E-state index in [0.29, 0.717) is 0 Å². The largest absolute Gasteiger partial charge is 0.481 e. The van der Waals surface area contributed by atoms with Gasteiger partial charge in [0.15, 0.2) is 0 Å². The maximum Gasteiger partial charge on any atom is 0.326 e. The van der Waals surface area contributed by atoms with Gasteiger partial charge in [0.25, 0.3) is 0 Å². The van der Waals surface area contributed by atoms with Gasteiger partial charge < -0.3 is 68.7 Å². The number of aliphatic carboxylic acids is 4. The van der Waals surface area contributed by atoms with Crippen molar-refractivity contribution in [1.82, 2.24) is 42.5 Å². The summed E-state index contributed by atoms with van der Waals surface area (Å²) in [6.07, 6.45) is -3.61. The molecule has 0 aliphatic heterocycles. The standard InChI is InChI=1S/C34H55N9O16/c1-15(2)8-19(31(55)43-22(34(58)59)9-16(3)4)41-30(54)18(6-7-26(47)48)40-33(57)21(11-28(51)52)42-32(56)20(10-27(49)50)39-25(46)14-37-29(53)17(5)38-24(45)13-36-23(44)12-35/h15-22H,6-14,35H2,1-5H3,(H,36,44)(H,37,53)(H,38,45)(H,39,46)(H,40,57)(H,41,54)(H,42,56)(H,43,55)(H,47,48)(H,49,50)(H,51,52)(H,58,59)/t17-,18-,19-,20-,21-,22-/m0/s1. The molecule has 0 aromatic heterocycles. The first-order valence-corrected chi connectivity index (χ1v) is 18.3. The van der Waals surface area contributed by atoms with Crippen molar-refractivity contribution < 1.29 is 78.0 Å². The fourth-order valence-electron chi connectivity index (χ4n) is 4.96. The number of hydrogen-bond donors (Lipinski definition) is 13. The Morgan fingerprint density at radius 3 is 1.34 bits per heavy atom. The van der Waals surface area contributed by atoms with Gasteiger partial charge in [-0.3, -0.25) is 52.7 Å². The summed E-state index contributed by atoms with van der Waals surface area (Å²) in [4.78, 5) is 148. The van der Waals surface area contributed by atoms with Gasteiger partial charge in [0, 0.05) is 6.42 Å². The van der Waals surface area contributed by atoms with E-state index in [4.69, 9.17) is 5.73 Å². The monoisotopic (exact) mass is 845 g/mol. The van der Waals surface area contributed by atoms with Gasteiger partial charge in [-0.2, -0.15) is 0 Å². The van der Waals surface area contributed by atoms with Crippen molar-refractivity contribution in [2.24, 2.45) is 17.6 Å². The van der Waals surface area contributed by atoms with Gasteiger partial charge in [-0.15, -0.1) is 0 Å². The Kier molecular flexibility index (Phi) is 23.6. The van der Waals surface area contributed by atoms with Gasteiger partial charge in [-0.05, 0) is 38.0 Å². The summed E-state index contributed by atoms with van der Waals surface area (Å²) in [5.74, 6) is -14.7. The lowest BCUT2D eigenvalue weighted by atomic mass is 10.00. The van der Waals surface area contributed by atoms with E-state index in [9.17, 15) is 78.0 Å². The van der Waals surface area contributed by atoms with Crippen molar-refractivity contribution in [2.45, 2.75) is 109 Å². The van der Waals surface area contributed by atoms with Crippen molar-refractivity contribution in [2.75, 3.05) is 19.6 Å². The Hall–Kier alpha value is -6.40. The number of amides is 8. The van der Waals surface area contributed by atoms with E-state index in [-0.39, 0.29) is 31.2 Å². The summed E-state index contributed by atoms with van der Waals surface area (Å²) in [6.45, 7) is 6.29. The van der Waals surface area contributed by atoms with E-state index in [1.165, 1.54) is 6.92 Å². The lowest BCUT2D eigenvalue weighted by Crippen LogP contribution is -2.59. The molecule has 0 fully saturated rings. The molecule has 0 unspecified atom stereocenters. The summed E-state index contributed by atoms with van der Waals surface area (Å²) >= 11 is 0. The maximum absolute atomic E-state index is 13.5. The third-order valence-electron chi connectivity index (χ3n) is 7.81. The van der Waals surface area contributed by atoms with Gasteiger partial charge in [-0.1, -0.05) is 27.7 Å². The molecular weight excluding hydrogens is 790 g/mol. The summed E-state index contributed by atoms with van der Waals surface area (Å²) in [7, 11) is 0. The number of nitrogens with two attached hydrogens (primary N) is 1. The molecule has 0 aromatic rings. The highest BCUT2D eigenvalue weighted by atomic mass is 16.4. The molecule has 14 N–H and O–H groups in total. The molecule has 0 rings (SSSR count). The molecule has 8 amide bonds. The SMILES string of the molecule is CC(C)C[C@H](NC(=O)[C@H](CC(C)C)NC(=O)[C@H](CCC(=O)O)NC(=O)[C@H](CC(=O)O)NC(=O)[C@H](CC(=O)O)NC(=O)CNC(=O)[C@H](C)NC(=O)CNC(=O)CN)C(=O)O. The molecule has 0 aliphatic carbocycles. The molecule has 332 valence electrons. The number of hydrogen-bond acceptors (Lipinski definition) is 13. The third-order valence-corrected chi connectivity index (χ3v) is 7.81. The molecule has 0 radical (unpaired) electrons. The quantitative estimate of drug-likeness (QED) is 0.0351. The van der Waals surface area contributed by atoms with Crippen LogP contribution in [0.1, 0.15) is 73.1 Å². The zero-order valence-electron chi connectivity index (χ0n) is 33.2. The van der Waals surface area contributed by atoms with Crippen LogP contribution in [0.3, 0.4) is 0 Å². The van der Waals surface area contributed by atoms with Crippen LogP contribution in [0.25, 0.3) is 0 Å². The zero-order chi connectivity index (χ0) is 45.6. The molecular formula is C34H55N9O16. The number of carboxylic acid groups (broad SMARTS) is 4. The van der Waals surface area contributed by atoms with E-state index < -0.39 is 146 Å². The van der Waals surface area contributed by atoms with Crippen molar-refractivity contribution in [3.8, 4) is 0 Å². The molecule has 0 saturated carbocycles. The van der Waals surface area contributed by atoms with E-state index in [1.54, 1.807) is 27.7 Å². The van der Waals surface area contributed by atoms with Crippen LogP contribution in [0.15, 0.2) is 0 Å². The first kappa shape index (κ1) is 52.6. The van der Waals surface area contributed by atoms with E-state index in [1.807, 2.05) is 10.6 Å². The number of nitrogens with one attached hydrogen (secondary N) is 8. The number of carbonyl (C=O) groups is 12. The third kappa shape index (κ3) is 22.8. The van der Waals surface area contributed by atoms with E-state index in [0.717, 1.165) is 0 Å². The molecule has 0 aliphatic rings. The summed E-state index contributed by atoms with van der Waals surface area (Å²) < 4.78 is 0. The number of rotatable bonds is 28. The van der Waals surface area contributed by atoms with Crippen LogP contribution in [-0.4, -0.2) is 147 Å². The second kappa shape index (κ2) is 26.5. The summed E-state index contributed by atoms with van der Waals surface area (Å²) in [5, 5.41) is 55.1. The molecule has 25 nitrogen and oxygen atoms in total. The molecule has 0 saturated heterocycles. The minimum atomic E-state index is -2.06. The molecule has 0 aromatic carbocycles. The Bertz CT molecular complexity index is 1570. The molecule has 25 heteroatoms. The van der Waals surface area contributed by atoms with Crippen molar-refractivity contribution in [1.29, 1.82) is 0 Å². The minimum Gasteiger partial charge on any atom is -0.481 e. The zero-order valence-corrected chi connectivity index (χ0v) is 33.2. The summed E-state index contributed by atoms with van der Waals surface area (Å²) in [6, 6.07) is -9.74. The Morgan fingerprint density at radius 1 is 0.458 bits per heavy atom. The van der Waals surface area contributed by atoms with Crippen LogP contribution in [0.4, 0.5) is 0 Å². The number of carbonyl (C=O) groups excluding carboxylic acids is 8.